The van der Waals surface area contributed by atoms with Gasteiger partial charge in [0.25, 0.3) is 5.91 Å². The topological polar surface area (TPSA) is 93.5 Å². The fraction of sp³-hybridized carbons (Fsp3) is 0.312. The van der Waals surface area contributed by atoms with E-state index < -0.39 is 11.5 Å². The van der Waals surface area contributed by atoms with Gasteiger partial charge in [0.2, 0.25) is 0 Å². The Morgan fingerprint density at radius 1 is 1.39 bits per heavy atom. The van der Waals surface area contributed by atoms with E-state index in [0.29, 0.717) is 17.9 Å². The largest absolute Gasteiger partial charge is 0.479 e. The van der Waals surface area contributed by atoms with Crippen LogP contribution >= 0.6 is 0 Å². The molecule has 7 nitrogen and oxygen atoms in total. The zero-order chi connectivity index (χ0) is 17.0. The van der Waals surface area contributed by atoms with Gasteiger partial charge in [0, 0.05) is 18.9 Å². The molecule has 0 fully saturated rings. The van der Waals surface area contributed by atoms with Crippen molar-refractivity contribution in [3.8, 4) is 0 Å². The van der Waals surface area contributed by atoms with Gasteiger partial charge in [0.05, 0.1) is 18.5 Å². The molecule has 0 bridgehead atoms. The first kappa shape index (κ1) is 16.7. The Bertz CT molecular complexity index is 722. The third kappa shape index (κ3) is 3.75. The average Bonchev–Trinajstić information content (AvgIpc) is 2.97. The summed E-state index contributed by atoms with van der Waals surface area (Å²) >= 11 is 0. The molecule has 122 valence electrons. The van der Waals surface area contributed by atoms with Crippen molar-refractivity contribution in [1.29, 1.82) is 0 Å². The number of carbonyl (C=O) groups is 2. The number of rotatable bonds is 6. The molecule has 2 aromatic rings. The van der Waals surface area contributed by atoms with E-state index in [1.165, 1.54) is 30.9 Å². The molecule has 0 saturated carbocycles. The number of carboxylic acids is 1. The minimum atomic E-state index is -1.19. The standard InChI is InChI=1S/C16H19N3O4/c1-16(2,15(21)22)19-9-13(8-17-19)18-14(20)12-6-4-5-11(7-12)10-23-3/h4-9H,10H2,1-3H3,(H,18,20)(H,21,22). The molecule has 0 saturated heterocycles. The van der Waals surface area contributed by atoms with Crippen LogP contribution in [-0.2, 0) is 21.7 Å². The quantitative estimate of drug-likeness (QED) is 0.851. The van der Waals surface area contributed by atoms with E-state index in [1.807, 2.05) is 6.07 Å². The molecule has 0 aliphatic rings. The Labute approximate surface area is 133 Å². The van der Waals surface area contributed by atoms with E-state index in [9.17, 15) is 14.7 Å². The van der Waals surface area contributed by atoms with Crippen molar-refractivity contribution in [3.05, 3.63) is 47.8 Å². The summed E-state index contributed by atoms with van der Waals surface area (Å²) in [5.74, 6) is -1.30. The number of hydrogen-bond acceptors (Lipinski definition) is 4. The second-order valence-corrected chi connectivity index (χ2v) is 5.63. The van der Waals surface area contributed by atoms with Crippen LogP contribution in [0.5, 0.6) is 0 Å². The van der Waals surface area contributed by atoms with Crippen LogP contribution in [0.15, 0.2) is 36.7 Å². The van der Waals surface area contributed by atoms with Crippen LogP contribution in [0.1, 0.15) is 29.8 Å². The van der Waals surface area contributed by atoms with Crippen LogP contribution in [0.4, 0.5) is 5.69 Å². The molecule has 1 aromatic carbocycles. The number of carboxylic acid groups (broad SMARTS) is 1. The molecule has 0 spiro atoms. The molecule has 0 radical (unpaired) electrons. The number of aliphatic carboxylic acids is 1. The lowest BCUT2D eigenvalue weighted by Gasteiger charge is -2.19. The average molecular weight is 317 g/mol. The smallest absolute Gasteiger partial charge is 0.331 e. The summed E-state index contributed by atoms with van der Waals surface area (Å²) in [4.78, 5) is 23.5. The minimum absolute atomic E-state index is 0.296. The Kier molecular flexibility index (Phi) is 4.80. The van der Waals surface area contributed by atoms with Gasteiger partial charge in [-0.15, -0.1) is 0 Å². The molecular formula is C16H19N3O4. The highest BCUT2D eigenvalue weighted by Gasteiger charge is 2.30. The number of hydrogen-bond donors (Lipinski definition) is 2. The van der Waals surface area contributed by atoms with E-state index in [2.05, 4.69) is 10.4 Å². The van der Waals surface area contributed by atoms with E-state index in [-0.39, 0.29) is 5.91 Å². The molecule has 2 N–H and O–H groups in total. The van der Waals surface area contributed by atoms with Crippen LogP contribution in [0.3, 0.4) is 0 Å². The van der Waals surface area contributed by atoms with Gasteiger partial charge in [0.15, 0.2) is 5.54 Å². The zero-order valence-electron chi connectivity index (χ0n) is 13.2. The number of nitrogens with zero attached hydrogens (tertiary/aromatic N) is 2. The molecule has 1 aromatic heterocycles. The van der Waals surface area contributed by atoms with Crippen molar-refractivity contribution in [3.63, 3.8) is 0 Å². The lowest BCUT2D eigenvalue weighted by Crippen LogP contribution is -2.35. The monoisotopic (exact) mass is 317 g/mol. The van der Waals surface area contributed by atoms with Gasteiger partial charge in [-0.3, -0.25) is 9.48 Å². The SMILES string of the molecule is COCc1cccc(C(=O)Nc2cnn(C(C)(C)C(=O)O)c2)c1. The molecule has 2 rings (SSSR count). The van der Waals surface area contributed by atoms with Crippen molar-refractivity contribution in [2.75, 3.05) is 12.4 Å². The van der Waals surface area contributed by atoms with Crippen LogP contribution in [0.25, 0.3) is 0 Å². The van der Waals surface area contributed by atoms with Crippen molar-refractivity contribution >= 4 is 17.6 Å². The predicted molar refractivity (Wildman–Crippen MR) is 84.3 cm³/mol. The van der Waals surface area contributed by atoms with Crippen LogP contribution in [-0.4, -0.2) is 33.9 Å². The van der Waals surface area contributed by atoms with Crippen LogP contribution in [0.2, 0.25) is 0 Å². The normalized spacial score (nSPS) is 11.3. The molecule has 0 atom stereocenters. The van der Waals surface area contributed by atoms with Gasteiger partial charge in [-0.25, -0.2) is 4.79 Å². The number of amides is 1. The highest BCUT2D eigenvalue weighted by molar-refractivity contribution is 6.04. The highest BCUT2D eigenvalue weighted by atomic mass is 16.5. The number of anilines is 1. The van der Waals surface area contributed by atoms with E-state index in [4.69, 9.17) is 4.74 Å². The minimum Gasteiger partial charge on any atom is -0.479 e. The summed E-state index contributed by atoms with van der Waals surface area (Å²) in [6.45, 7) is 3.48. The summed E-state index contributed by atoms with van der Waals surface area (Å²) in [6, 6.07) is 7.08. The summed E-state index contributed by atoms with van der Waals surface area (Å²) in [5.41, 5.74) is 0.621. The molecule has 1 heterocycles. The molecule has 0 aliphatic heterocycles. The number of aromatic nitrogens is 2. The van der Waals surface area contributed by atoms with Crippen LogP contribution in [0, 0.1) is 0 Å². The van der Waals surface area contributed by atoms with E-state index >= 15 is 0 Å². The summed E-state index contributed by atoms with van der Waals surface area (Å²) in [5, 5.41) is 15.9. The molecule has 0 unspecified atom stereocenters. The third-order valence-electron chi connectivity index (χ3n) is 3.44. The molecule has 0 aliphatic carbocycles. The summed E-state index contributed by atoms with van der Waals surface area (Å²) < 4.78 is 6.34. The second kappa shape index (κ2) is 6.62. The third-order valence-corrected chi connectivity index (χ3v) is 3.44. The number of methoxy groups -OCH3 is 1. The maximum absolute atomic E-state index is 12.3. The van der Waals surface area contributed by atoms with Gasteiger partial charge in [-0.1, -0.05) is 12.1 Å². The fourth-order valence-electron chi connectivity index (χ4n) is 1.96. The number of carbonyl (C=O) groups excluding carboxylic acids is 1. The van der Waals surface area contributed by atoms with Gasteiger partial charge < -0.3 is 15.2 Å². The van der Waals surface area contributed by atoms with Crippen molar-refractivity contribution in [2.24, 2.45) is 0 Å². The first-order valence-electron chi connectivity index (χ1n) is 7.02. The van der Waals surface area contributed by atoms with Gasteiger partial charge in [0.1, 0.15) is 0 Å². The Balaban J connectivity index is 2.14. The molecular weight excluding hydrogens is 298 g/mol. The van der Waals surface area contributed by atoms with Crippen molar-refractivity contribution in [2.45, 2.75) is 26.0 Å². The van der Waals surface area contributed by atoms with Gasteiger partial charge >= 0.3 is 5.97 Å². The highest BCUT2D eigenvalue weighted by Crippen LogP contribution is 2.18. The molecule has 1 amide bonds. The number of nitrogens with one attached hydrogen (secondary N) is 1. The van der Waals surface area contributed by atoms with Crippen LogP contribution < -0.4 is 5.32 Å². The Hall–Kier alpha value is -2.67. The van der Waals surface area contributed by atoms with E-state index in [0.717, 1.165) is 5.56 Å². The Morgan fingerprint density at radius 3 is 2.78 bits per heavy atom. The molecule has 23 heavy (non-hydrogen) atoms. The first-order valence-corrected chi connectivity index (χ1v) is 7.02. The number of benzene rings is 1. The number of ether oxygens (including phenoxy) is 1. The fourth-order valence-corrected chi connectivity index (χ4v) is 1.96. The maximum Gasteiger partial charge on any atom is 0.331 e. The van der Waals surface area contributed by atoms with Crippen molar-refractivity contribution < 1.29 is 19.4 Å². The van der Waals surface area contributed by atoms with E-state index in [1.54, 1.807) is 25.3 Å². The zero-order valence-corrected chi connectivity index (χ0v) is 13.2. The lowest BCUT2D eigenvalue weighted by molar-refractivity contribution is -0.146. The van der Waals surface area contributed by atoms with Crippen molar-refractivity contribution in [1.82, 2.24) is 9.78 Å². The second-order valence-electron chi connectivity index (χ2n) is 5.63. The predicted octanol–water partition coefficient (Wildman–Crippen LogP) is 2.10. The van der Waals surface area contributed by atoms with Gasteiger partial charge in [-0.05, 0) is 31.5 Å². The maximum atomic E-state index is 12.3. The summed E-state index contributed by atoms with van der Waals surface area (Å²) in [6.07, 6.45) is 2.91. The summed E-state index contributed by atoms with van der Waals surface area (Å²) in [7, 11) is 1.59. The van der Waals surface area contributed by atoms with Gasteiger partial charge in [-0.2, -0.15) is 5.10 Å². The molecule has 7 heteroatoms. The lowest BCUT2D eigenvalue weighted by atomic mass is 10.1. The Morgan fingerprint density at radius 2 is 2.13 bits per heavy atom. The first-order chi connectivity index (χ1) is 10.8.